The lowest BCUT2D eigenvalue weighted by atomic mass is 9.75. The van der Waals surface area contributed by atoms with Gasteiger partial charge < -0.3 is 19.5 Å². The lowest BCUT2D eigenvalue weighted by Crippen LogP contribution is -2.42. The SMILES string of the molecule is Cc1cc(C)c(C(C)(C)CC(=O)N(C)C(C)C(=O)c2ccc3c(c2)OCO3)c(CC(=O)O)c1. The Morgan fingerprint density at radius 2 is 1.76 bits per heavy atom. The molecule has 1 N–H and O–H groups in total. The van der Waals surface area contributed by atoms with Crippen molar-refractivity contribution in [2.45, 2.75) is 58.9 Å². The van der Waals surface area contributed by atoms with Gasteiger partial charge in [-0.15, -0.1) is 0 Å². The minimum Gasteiger partial charge on any atom is -0.481 e. The highest BCUT2D eigenvalue weighted by Gasteiger charge is 2.33. The summed E-state index contributed by atoms with van der Waals surface area (Å²) < 4.78 is 10.6. The molecule has 1 atom stereocenters. The van der Waals surface area contributed by atoms with Crippen molar-refractivity contribution in [3.05, 3.63) is 58.1 Å². The van der Waals surface area contributed by atoms with Crippen LogP contribution in [-0.4, -0.2) is 47.5 Å². The number of aliphatic carboxylic acids is 1. The number of carbonyl (C=O) groups excluding carboxylic acids is 2. The van der Waals surface area contributed by atoms with Crippen LogP contribution >= 0.6 is 0 Å². The fraction of sp³-hybridized carbons (Fsp3) is 0.423. The van der Waals surface area contributed by atoms with E-state index in [2.05, 4.69) is 0 Å². The summed E-state index contributed by atoms with van der Waals surface area (Å²) in [6, 6.07) is 8.20. The predicted octanol–water partition coefficient (Wildman–Crippen LogP) is 4.06. The van der Waals surface area contributed by atoms with Gasteiger partial charge in [-0.1, -0.05) is 31.5 Å². The third kappa shape index (κ3) is 5.18. The van der Waals surface area contributed by atoms with Gasteiger partial charge in [0.15, 0.2) is 17.3 Å². The molecule has 0 radical (unpaired) electrons. The molecule has 1 aliphatic heterocycles. The first kappa shape index (κ1) is 24.3. The third-order valence-electron chi connectivity index (χ3n) is 6.18. The van der Waals surface area contributed by atoms with Crippen LogP contribution in [0.15, 0.2) is 30.3 Å². The van der Waals surface area contributed by atoms with E-state index < -0.39 is 17.4 Å². The van der Waals surface area contributed by atoms with E-state index in [0.717, 1.165) is 16.7 Å². The molecular weight excluding hydrogens is 422 g/mol. The van der Waals surface area contributed by atoms with Crippen LogP contribution < -0.4 is 9.47 Å². The topological polar surface area (TPSA) is 93.1 Å². The van der Waals surface area contributed by atoms with Crippen LogP contribution in [0.1, 0.15) is 59.8 Å². The van der Waals surface area contributed by atoms with E-state index in [1.165, 1.54) is 4.90 Å². The molecule has 0 fully saturated rings. The number of aryl methyl sites for hydroxylation is 2. The summed E-state index contributed by atoms with van der Waals surface area (Å²) in [5, 5.41) is 9.38. The molecule has 0 aliphatic carbocycles. The predicted molar refractivity (Wildman–Crippen MR) is 124 cm³/mol. The van der Waals surface area contributed by atoms with Gasteiger partial charge in [-0.2, -0.15) is 0 Å². The standard InChI is InChI=1S/C26H31NO6/c1-15-9-16(2)24(19(10-15)12-23(29)30)26(4,5)13-22(28)27(6)17(3)25(31)18-7-8-20-21(11-18)33-14-32-20/h7-11,17H,12-14H2,1-6H3,(H,29,30). The second-order valence-corrected chi connectivity index (χ2v) is 9.36. The number of rotatable bonds is 8. The molecule has 0 saturated heterocycles. The van der Waals surface area contributed by atoms with Crippen LogP contribution in [-0.2, 0) is 21.4 Å². The second-order valence-electron chi connectivity index (χ2n) is 9.36. The van der Waals surface area contributed by atoms with Gasteiger partial charge in [-0.25, -0.2) is 0 Å². The smallest absolute Gasteiger partial charge is 0.307 e. The van der Waals surface area contributed by atoms with Gasteiger partial charge in [0.05, 0.1) is 12.5 Å². The van der Waals surface area contributed by atoms with Crippen molar-refractivity contribution in [3.63, 3.8) is 0 Å². The molecule has 0 spiro atoms. The first-order valence-electron chi connectivity index (χ1n) is 10.9. The summed E-state index contributed by atoms with van der Waals surface area (Å²) in [6.07, 6.45) is 0.0308. The number of nitrogens with zero attached hydrogens (tertiary/aromatic N) is 1. The zero-order valence-corrected chi connectivity index (χ0v) is 20.0. The number of ketones is 1. The zero-order valence-electron chi connectivity index (χ0n) is 20.0. The van der Waals surface area contributed by atoms with Crippen molar-refractivity contribution in [1.82, 2.24) is 4.90 Å². The van der Waals surface area contributed by atoms with Crippen molar-refractivity contribution in [2.75, 3.05) is 13.8 Å². The average molecular weight is 454 g/mol. The molecule has 7 nitrogen and oxygen atoms in total. The molecule has 1 unspecified atom stereocenters. The van der Waals surface area contributed by atoms with Crippen LogP contribution in [0, 0.1) is 13.8 Å². The highest BCUT2D eigenvalue weighted by atomic mass is 16.7. The number of fused-ring (bicyclic) bond motifs is 1. The quantitative estimate of drug-likeness (QED) is 0.606. The number of carboxylic acid groups (broad SMARTS) is 1. The molecule has 0 aromatic heterocycles. The lowest BCUT2D eigenvalue weighted by Gasteiger charge is -2.32. The first-order valence-corrected chi connectivity index (χ1v) is 10.9. The molecule has 33 heavy (non-hydrogen) atoms. The van der Waals surface area contributed by atoms with Gasteiger partial charge in [-0.05, 0) is 61.1 Å². The molecule has 0 saturated carbocycles. The maximum Gasteiger partial charge on any atom is 0.307 e. The second kappa shape index (κ2) is 9.25. The average Bonchev–Trinajstić information content (AvgIpc) is 3.18. The molecule has 3 rings (SSSR count). The lowest BCUT2D eigenvalue weighted by molar-refractivity contribution is -0.136. The largest absolute Gasteiger partial charge is 0.481 e. The first-order chi connectivity index (χ1) is 15.4. The van der Waals surface area contributed by atoms with Crippen LogP contribution in [0.5, 0.6) is 11.5 Å². The highest BCUT2D eigenvalue weighted by molar-refractivity contribution is 6.02. The molecule has 176 valence electrons. The monoisotopic (exact) mass is 453 g/mol. The Labute approximate surface area is 194 Å². The molecule has 7 heteroatoms. The van der Waals surface area contributed by atoms with Gasteiger partial charge in [-0.3, -0.25) is 14.4 Å². The molecule has 1 heterocycles. The summed E-state index contributed by atoms with van der Waals surface area (Å²) in [6.45, 7) is 9.56. The van der Waals surface area contributed by atoms with E-state index in [4.69, 9.17) is 9.47 Å². The van der Waals surface area contributed by atoms with E-state index in [-0.39, 0.29) is 31.3 Å². The van der Waals surface area contributed by atoms with Gasteiger partial charge in [0.1, 0.15) is 0 Å². The van der Waals surface area contributed by atoms with Crippen molar-refractivity contribution < 1.29 is 29.0 Å². The summed E-state index contributed by atoms with van der Waals surface area (Å²) in [4.78, 5) is 39.2. The number of hydrogen-bond donors (Lipinski definition) is 1. The van der Waals surface area contributed by atoms with Crippen molar-refractivity contribution in [1.29, 1.82) is 0 Å². The van der Waals surface area contributed by atoms with Crippen molar-refractivity contribution in [2.24, 2.45) is 0 Å². The van der Waals surface area contributed by atoms with Gasteiger partial charge >= 0.3 is 5.97 Å². The molecule has 1 amide bonds. The normalized spacial score (nSPS) is 13.5. The number of likely N-dealkylation sites (N-methyl/N-ethyl adjacent to an activating group) is 1. The third-order valence-corrected chi connectivity index (χ3v) is 6.18. The van der Waals surface area contributed by atoms with E-state index in [9.17, 15) is 19.5 Å². The highest BCUT2D eigenvalue weighted by Crippen LogP contribution is 2.35. The fourth-order valence-electron chi connectivity index (χ4n) is 4.60. The van der Waals surface area contributed by atoms with E-state index in [1.54, 1.807) is 32.2 Å². The van der Waals surface area contributed by atoms with Crippen LogP contribution in [0.25, 0.3) is 0 Å². The van der Waals surface area contributed by atoms with E-state index in [0.29, 0.717) is 22.6 Å². The van der Waals surface area contributed by atoms with Gasteiger partial charge in [0, 0.05) is 19.0 Å². The number of amides is 1. The summed E-state index contributed by atoms with van der Waals surface area (Å²) in [5.41, 5.74) is 3.35. The number of hydrogen-bond acceptors (Lipinski definition) is 5. The molecule has 2 aromatic rings. The maximum absolute atomic E-state index is 13.2. The summed E-state index contributed by atoms with van der Waals surface area (Å²) >= 11 is 0. The van der Waals surface area contributed by atoms with E-state index >= 15 is 0 Å². The van der Waals surface area contributed by atoms with E-state index in [1.807, 2.05) is 39.8 Å². The molecular formula is C26H31NO6. The number of carbonyl (C=O) groups is 3. The Hall–Kier alpha value is -3.35. The fourth-order valence-corrected chi connectivity index (χ4v) is 4.60. The Morgan fingerprint density at radius 3 is 2.42 bits per heavy atom. The number of carboxylic acids is 1. The zero-order chi connectivity index (χ0) is 24.5. The Morgan fingerprint density at radius 1 is 1.09 bits per heavy atom. The minimum atomic E-state index is -0.913. The summed E-state index contributed by atoms with van der Waals surface area (Å²) in [5.74, 6) is -0.189. The molecule has 1 aliphatic rings. The number of benzene rings is 2. The van der Waals surface area contributed by atoms with Gasteiger partial charge in [0.25, 0.3) is 0 Å². The molecule has 0 bridgehead atoms. The number of ether oxygens (including phenoxy) is 2. The Balaban J connectivity index is 1.80. The maximum atomic E-state index is 13.2. The van der Waals surface area contributed by atoms with Gasteiger partial charge in [0.2, 0.25) is 12.7 Å². The summed E-state index contributed by atoms with van der Waals surface area (Å²) in [7, 11) is 1.62. The van der Waals surface area contributed by atoms with Crippen molar-refractivity contribution >= 4 is 17.7 Å². The minimum absolute atomic E-state index is 0.107. The molecule has 2 aromatic carbocycles. The Bertz CT molecular complexity index is 1100. The van der Waals surface area contributed by atoms with Crippen LogP contribution in [0.2, 0.25) is 0 Å². The van der Waals surface area contributed by atoms with Crippen LogP contribution in [0.4, 0.5) is 0 Å². The van der Waals surface area contributed by atoms with Crippen LogP contribution in [0.3, 0.4) is 0 Å². The Kier molecular flexibility index (Phi) is 6.81. The number of Topliss-reactive ketones (excluding diaryl/α,β-unsaturated/α-hetero) is 1. The van der Waals surface area contributed by atoms with Crippen molar-refractivity contribution in [3.8, 4) is 11.5 Å².